The lowest BCUT2D eigenvalue weighted by molar-refractivity contribution is -0.177. The summed E-state index contributed by atoms with van der Waals surface area (Å²) in [7, 11) is 0. The van der Waals surface area contributed by atoms with Crippen LogP contribution in [0.3, 0.4) is 0 Å². The Kier molecular flexibility index (Phi) is 5.54. The first-order valence-corrected chi connectivity index (χ1v) is 3.10. The average Bonchev–Trinajstić information content (AvgIpc) is 1.85. The quantitative estimate of drug-likeness (QED) is 0.425. The van der Waals surface area contributed by atoms with E-state index in [1.807, 2.05) is 5.64 Å². The van der Waals surface area contributed by atoms with Crippen LogP contribution in [-0.4, -0.2) is 24.8 Å². The van der Waals surface area contributed by atoms with Gasteiger partial charge in [-0.1, -0.05) is 5.64 Å². The van der Waals surface area contributed by atoms with Crippen LogP contribution in [0.4, 0.5) is 0 Å². The van der Waals surface area contributed by atoms with Crippen LogP contribution in [0.25, 0.3) is 0 Å². The molecule has 64 valence electrons. The summed E-state index contributed by atoms with van der Waals surface area (Å²) in [4.78, 5) is 29.4. The van der Waals surface area contributed by atoms with Gasteiger partial charge in [0, 0.05) is 0 Å². The summed E-state index contributed by atoms with van der Waals surface area (Å²) in [6.07, 6.45) is 0. The Morgan fingerprint density at radius 1 is 1.09 bits per heavy atom. The third-order valence-corrected chi connectivity index (χ3v) is 0.669. The SMILES string of the molecule is CC(=O)CONOCC(C)=O. The van der Waals surface area contributed by atoms with Gasteiger partial charge in [-0.05, 0) is 13.8 Å². The van der Waals surface area contributed by atoms with Crippen molar-refractivity contribution in [3.8, 4) is 0 Å². The zero-order chi connectivity index (χ0) is 8.69. The molecule has 0 aliphatic rings. The van der Waals surface area contributed by atoms with Crippen molar-refractivity contribution in [2.75, 3.05) is 13.2 Å². The Balaban J connectivity index is 3.03. The van der Waals surface area contributed by atoms with Crippen LogP contribution in [0.2, 0.25) is 0 Å². The fraction of sp³-hybridized carbons (Fsp3) is 0.667. The van der Waals surface area contributed by atoms with Crippen molar-refractivity contribution in [1.29, 1.82) is 0 Å². The Labute approximate surface area is 64.6 Å². The highest BCUT2D eigenvalue weighted by atomic mass is 16.9. The number of nitrogens with one attached hydrogen (secondary N) is 1. The van der Waals surface area contributed by atoms with Crippen molar-refractivity contribution in [2.45, 2.75) is 13.8 Å². The molecule has 0 aromatic carbocycles. The van der Waals surface area contributed by atoms with E-state index in [0.717, 1.165) is 0 Å². The van der Waals surface area contributed by atoms with Crippen molar-refractivity contribution in [2.24, 2.45) is 0 Å². The highest BCUT2D eigenvalue weighted by Gasteiger charge is 1.94. The molecule has 0 spiro atoms. The number of hydrogen-bond donors (Lipinski definition) is 1. The molecule has 5 nitrogen and oxygen atoms in total. The molecule has 0 fully saturated rings. The van der Waals surface area contributed by atoms with Crippen LogP contribution in [0.1, 0.15) is 13.8 Å². The van der Waals surface area contributed by atoms with E-state index in [2.05, 4.69) is 9.68 Å². The molecule has 0 rings (SSSR count). The third kappa shape index (κ3) is 9.22. The number of hydrogen-bond acceptors (Lipinski definition) is 5. The summed E-state index contributed by atoms with van der Waals surface area (Å²) in [5.41, 5.74) is 2.01. The minimum absolute atomic E-state index is 0.0715. The monoisotopic (exact) mass is 161 g/mol. The van der Waals surface area contributed by atoms with Crippen molar-refractivity contribution in [3.63, 3.8) is 0 Å². The van der Waals surface area contributed by atoms with Gasteiger partial charge in [-0.2, -0.15) is 0 Å². The van der Waals surface area contributed by atoms with Crippen LogP contribution in [0, 0.1) is 0 Å². The first-order chi connectivity index (χ1) is 5.13. The topological polar surface area (TPSA) is 64.6 Å². The van der Waals surface area contributed by atoms with E-state index in [9.17, 15) is 9.59 Å². The molecule has 0 amide bonds. The third-order valence-electron chi connectivity index (χ3n) is 0.669. The minimum Gasteiger partial charge on any atom is -0.297 e. The lowest BCUT2D eigenvalue weighted by atomic mass is 10.5. The van der Waals surface area contributed by atoms with E-state index in [0.29, 0.717) is 0 Å². The molecule has 0 heterocycles. The van der Waals surface area contributed by atoms with E-state index in [4.69, 9.17) is 0 Å². The zero-order valence-corrected chi connectivity index (χ0v) is 6.55. The maximum atomic E-state index is 10.3. The molecular formula is C6H11NO4. The molecule has 0 saturated heterocycles. The Hall–Kier alpha value is -0.780. The number of Topliss-reactive ketones (excluding diaryl/α,β-unsaturated/α-hetero) is 2. The molecule has 0 radical (unpaired) electrons. The first kappa shape index (κ1) is 10.2. The van der Waals surface area contributed by atoms with E-state index < -0.39 is 0 Å². The van der Waals surface area contributed by atoms with Crippen LogP contribution in [-0.2, 0) is 19.3 Å². The predicted octanol–water partition coefficient (Wildman–Crippen LogP) is -0.383. The second kappa shape index (κ2) is 5.96. The molecule has 0 bridgehead atoms. The second-order valence-electron chi connectivity index (χ2n) is 2.06. The molecule has 0 atom stereocenters. The largest absolute Gasteiger partial charge is 0.297 e. The summed E-state index contributed by atoms with van der Waals surface area (Å²) >= 11 is 0. The fourth-order valence-electron chi connectivity index (χ4n) is 0.304. The number of carbonyl (C=O) groups is 2. The molecule has 0 aromatic rings. The van der Waals surface area contributed by atoms with Gasteiger partial charge in [0.25, 0.3) is 0 Å². The average molecular weight is 161 g/mol. The molecule has 11 heavy (non-hydrogen) atoms. The summed E-state index contributed by atoms with van der Waals surface area (Å²) in [5, 5.41) is 0. The molecule has 0 aliphatic heterocycles. The highest BCUT2D eigenvalue weighted by molar-refractivity contribution is 5.77. The lowest BCUT2D eigenvalue weighted by Gasteiger charge is -2.01. The van der Waals surface area contributed by atoms with Gasteiger partial charge in [0.05, 0.1) is 0 Å². The molecule has 0 aliphatic carbocycles. The van der Waals surface area contributed by atoms with E-state index in [1.165, 1.54) is 13.8 Å². The molecule has 0 unspecified atom stereocenters. The molecule has 0 aromatic heterocycles. The van der Waals surface area contributed by atoms with Gasteiger partial charge in [0.15, 0.2) is 11.6 Å². The Morgan fingerprint density at radius 3 is 1.73 bits per heavy atom. The maximum Gasteiger partial charge on any atom is 0.157 e. The van der Waals surface area contributed by atoms with Crippen molar-refractivity contribution in [3.05, 3.63) is 0 Å². The molecule has 0 saturated carbocycles. The van der Waals surface area contributed by atoms with Gasteiger partial charge in [-0.15, -0.1) is 0 Å². The van der Waals surface area contributed by atoms with E-state index in [-0.39, 0.29) is 24.8 Å². The highest BCUT2D eigenvalue weighted by Crippen LogP contribution is 1.73. The standard InChI is InChI=1S/C6H11NO4/c1-5(8)3-10-7-11-4-6(2)9/h7H,3-4H2,1-2H3. The van der Waals surface area contributed by atoms with Gasteiger partial charge in [-0.25, -0.2) is 0 Å². The van der Waals surface area contributed by atoms with Gasteiger partial charge >= 0.3 is 0 Å². The summed E-state index contributed by atoms with van der Waals surface area (Å²) in [6.45, 7) is 2.62. The normalized spacial score (nSPS) is 9.64. The fourth-order valence-corrected chi connectivity index (χ4v) is 0.304. The Morgan fingerprint density at radius 2 is 1.45 bits per heavy atom. The number of ketones is 2. The molecular weight excluding hydrogens is 150 g/mol. The van der Waals surface area contributed by atoms with Crippen LogP contribution in [0.5, 0.6) is 0 Å². The maximum absolute atomic E-state index is 10.3. The first-order valence-electron chi connectivity index (χ1n) is 3.10. The lowest BCUT2D eigenvalue weighted by Crippen LogP contribution is -2.21. The van der Waals surface area contributed by atoms with Gasteiger partial charge in [0.1, 0.15) is 13.2 Å². The summed E-state index contributed by atoms with van der Waals surface area (Å²) in [6, 6.07) is 0. The number of rotatable bonds is 6. The van der Waals surface area contributed by atoms with Crippen LogP contribution >= 0.6 is 0 Å². The van der Waals surface area contributed by atoms with E-state index in [1.54, 1.807) is 0 Å². The van der Waals surface area contributed by atoms with Crippen molar-refractivity contribution in [1.82, 2.24) is 5.64 Å². The summed E-state index contributed by atoms with van der Waals surface area (Å²) < 4.78 is 0. The van der Waals surface area contributed by atoms with Crippen LogP contribution in [0.15, 0.2) is 0 Å². The second-order valence-corrected chi connectivity index (χ2v) is 2.06. The summed E-state index contributed by atoms with van der Waals surface area (Å²) in [5.74, 6) is -0.243. The van der Waals surface area contributed by atoms with Crippen LogP contribution < -0.4 is 5.64 Å². The Bertz CT molecular complexity index is 130. The van der Waals surface area contributed by atoms with E-state index >= 15 is 0 Å². The van der Waals surface area contributed by atoms with Gasteiger partial charge in [-0.3, -0.25) is 19.3 Å². The van der Waals surface area contributed by atoms with Gasteiger partial charge in [0.2, 0.25) is 0 Å². The van der Waals surface area contributed by atoms with Crippen molar-refractivity contribution >= 4 is 11.6 Å². The van der Waals surface area contributed by atoms with Gasteiger partial charge < -0.3 is 0 Å². The molecule has 1 N–H and O–H groups in total. The molecule has 5 heteroatoms. The smallest absolute Gasteiger partial charge is 0.157 e. The minimum atomic E-state index is -0.121. The zero-order valence-electron chi connectivity index (χ0n) is 6.55. The predicted molar refractivity (Wildman–Crippen MR) is 36.4 cm³/mol. The number of carbonyl (C=O) groups excluding carboxylic acids is 2. The van der Waals surface area contributed by atoms with Crippen molar-refractivity contribution < 1.29 is 19.3 Å².